The van der Waals surface area contributed by atoms with Gasteiger partial charge >= 0.3 is 0 Å². The highest BCUT2D eigenvalue weighted by atomic mass is 15.2. The van der Waals surface area contributed by atoms with Crippen molar-refractivity contribution in [2.75, 3.05) is 19.6 Å². The molecule has 1 heterocycles. The highest BCUT2D eigenvalue weighted by Gasteiger charge is 2.24. The van der Waals surface area contributed by atoms with Crippen LogP contribution in [0.4, 0.5) is 0 Å². The number of guanidine groups is 1. The van der Waals surface area contributed by atoms with E-state index in [1.165, 1.54) is 31.2 Å². The van der Waals surface area contributed by atoms with Crippen LogP contribution in [0.3, 0.4) is 0 Å². The molecule has 2 fully saturated rings. The number of nitrogens with zero attached hydrogens (tertiary/aromatic N) is 2. The number of benzene rings is 1. The second-order valence-corrected chi connectivity index (χ2v) is 6.42. The molecular formula is C18H28N4. The van der Waals surface area contributed by atoms with Crippen molar-refractivity contribution in [3.05, 3.63) is 35.9 Å². The molecule has 4 heteroatoms. The van der Waals surface area contributed by atoms with Crippen LogP contribution >= 0.6 is 0 Å². The van der Waals surface area contributed by atoms with Crippen molar-refractivity contribution in [1.82, 2.24) is 15.5 Å². The van der Waals surface area contributed by atoms with E-state index in [4.69, 9.17) is 0 Å². The van der Waals surface area contributed by atoms with Gasteiger partial charge in [-0.3, -0.25) is 9.89 Å². The molecule has 0 spiro atoms. The van der Waals surface area contributed by atoms with Gasteiger partial charge in [0.2, 0.25) is 0 Å². The van der Waals surface area contributed by atoms with E-state index in [0.29, 0.717) is 12.1 Å². The lowest BCUT2D eigenvalue weighted by molar-refractivity contribution is 0.198. The Morgan fingerprint density at radius 1 is 1.05 bits per heavy atom. The molecule has 0 radical (unpaired) electrons. The van der Waals surface area contributed by atoms with E-state index in [1.54, 1.807) is 0 Å². The first-order valence-electron chi connectivity index (χ1n) is 8.67. The molecule has 0 unspecified atom stereocenters. The summed E-state index contributed by atoms with van der Waals surface area (Å²) in [6, 6.07) is 12.0. The summed E-state index contributed by atoms with van der Waals surface area (Å²) in [5.41, 5.74) is 1.41. The lowest BCUT2D eigenvalue weighted by Gasteiger charge is -2.33. The van der Waals surface area contributed by atoms with Crippen molar-refractivity contribution in [2.24, 2.45) is 4.99 Å². The quantitative estimate of drug-likeness (QED) is 0.648. The molecule has 120 valence electrons. The number of rotatable bonds is 5. The minimum atomic E-state index is 0.559. The number of nitrogens with one attached hydrogen (secondary N) is 2. The molecule has 22 heavy (non-hydrogen) atoms. The molecule has 1 saturated heterocycles. The molecule has 2 aliphatic rings. The minimum absolute atomic E-state index is 0.559. The molecule has 1 aromatic rings. The molecule has 0 amide bonds. The maximum atomic E-state index is 4.57. The van der Waals surface area contributed by atoms with Crippen molar-refractivity contribution >= 4 is 5.96 Å². The van der Waals surface area contributed by atoms with Gasteiger partial charge in [-0.1, -0.05) is 30.3 Å². The standard InChI is InChI=1S/C18H28N4/c1-2-19-18(20-16-8-9-16)21-17-10-12-22(13-11-17)14-15-6-4-3-5-7-15/h3-7,16-17H,2,8-14H2,1H3,(H2,19,20,21). The normalized spacial score (nSPS) is 20.9. The molecule has 2 N–H and O–H groups in total. The van der Waals surface area contributed by atoms with Crippen molar-refractivity contribution in [1.29, 1.82) is 0 Å². The van der Waals surface area contributed by atoms with Crippen LogP contribution in [-0.4, -0.2) is 42.6 Å². The zero-order valence-electron chi connectivity index (χ0n) is 13.6. The van der Waals surface area contributed by atoms with E-state index in [-0.39, 0.29) is 0 Å². The van der Waals surface area contributed by atoms with Crippen LogP contribution in [0, 0.1) is 0 Å². The Balaban J connectivity index is 1.43. The zero-order valence-corrected chi connectivity index (χ0v) is 13.6. The van der Waals surface area contributed by atoms with E-state index >= 15 is 0 Å². The highest BCUT2D eigenvalue weighted by Crippen LogP contribution is 2.19. The number of hydrogen-bond acceptors (Lipinski definition) is 2. The third-order valence-corrected chi connectivity index (χ3v) is 4.41. The fourth-order valence-corrected chi connectivity index (χ4v) is 2.98. The summed E-state index contributed by atoms with van der Waals surface area (Å²) in [5, 5.41) is 7.14. The van der Waals surface area contributed by atoms with Crippen LogP contribution < -0.4 is 10.6 Å². The van der Waals surface area contributed by atoms with Gasteiger partial charge in [-0.05, 0) is 38.2 Å². The molecule has 1 aliphatic carbocycles. The Morgan fingerprint density at radius 2 is 1.68 bits per heavy atom. The Kier molecular flexibility index (Phi) is 5.33. The largest absolute Gasteiger partial charge is 0.354 e. The lowest BCUT2D eigenvalue weighted by atomic mass is 10.0. The van der Waals surface area contributed by atoms with Gasteiger partial charge in [0.25, 0.3) is 0 Å². The number of aliphatic imine (C=N–C) groups is 1. The van der Waals surface area contributed by atoms with Crippen LogP contribution in [0.1, 0.15) is 38.2 Å². The van der Waals surface area contributed by atoms with Crippen molar-refractivity contribution in [2.45, 2.75) is 51.2 Å². The van der Waals surface area contributed by atoms with Gasteiger partial charge in [-0.15, -0.1) is 0 Å². The first kappa shape index (κ1) is 15.3. The highest BCUT2D eigenvalue weighted by molar-refractivity contribution is 5.80. The molecule has 4 nitrogen and oxygen atoms in total. The van der Waals surface area contributed by atoms with Gasteiger partial charge < -0.3 is 10.6 Å². The summed E-state index contributed by atoms with van der Waals surface area (Å²) in [4.78, 5) is 7.12. The summed E-state index contributed by atoms with van der Waals surface area (Å²) >= 11 is 0. The molecule has 0 aromatic heterocycles. The summed E-state index contributed by atoms with van der Waals surface area (Å²) in [6.07, 6.45) is 4.98. The van der Waals surface area contributed by atoms with Gasteiger partial charge in [0, 0.05) is 38.3 Å². The third-order valence-electron chi connectivity index (χ3n) is 4.41. The number of hydrogen-bond donors (Lipinski definition) is 2. The van der Waals surface area contributed by atoms with E-state index < -0.39 is 0 Å². The fourth-order valence-electron chi connectivity index (χ4n) is 2.98. The van der Waals surface area contributed by atoms with E-state index in [1.807, 2.05) is 0 Å². The van der Waals surface area contributed by atoms with E-state index in [9.17, 15) is 0 Å². The van der Waals surface area contributed by atoms with Crippen LogP contribution in [0.2, 0.25) is 0 Å². The molecule has 1 aliphatic heterocycles. The van der Waals surface area contributed by atoms with Crippen LogP contribution in [0.25, 0.3) is 0 Å². The average molecular weight is 300 g/mol. The lowest BCUT2D eigenvalue weighted by Crippen LogP contribution is -2.49. The second-order valence-electron chi connectivity index (χ2n) is 6.42. The summed E-state index contributed by atoms with van der Waals surface area (Å²) in [7, 11) is 0. The van der Waals surface area contributed by atoms with Crippen LogP contribution in [0.5, 0.6) is 0 Å². The molecular weight excluding hydrogens is 272 g/mol. The Hall–Kier alpha value is -1.55. The maximum absolute atomic E-state index is 4.57. The van der Waals surface area contributed by atoms with E-state index in [0.717, 1.165) is 32.1 Å². The Bertz CT molecular complexity index is 473. The fraction of sp³-hybridized carbons (Fsp3) is 0.611. The monoisotopic (exact) mass is 300 g/mol. The predicted octanol–water partition coefficient (Wildman–Crippen LogP) is 2.37. The Labute approximate surface area is 134 Å². The average Bonchev–Trinajstić information content (AvgIpc) is 3.35. The third kappa shape index (κ3) is 4.73. The Morgan fingerprint density at radius 3 is 2.27 bits per heavy atom. The number of piperidine rings is 1. The van der Waals surface area contributed by atoms with Gasteiger partial charge in [-0.2, -0.15) is 0 Å². The van der Waals surface area contributed by atoms with E-state index in [2.05, 4.69) is 57.8 Å². The first-order valence-corrected chi connectivity index (χ1v) is 8.67. The van der Waals surface area contributed by atoms with Gasteiger partial charge in [0.05, 0.1) is 0 Å². The van der Waals surface area contributed by atoms with Crippen LogP contribution in [-0.2, 0) is 6.54 Å². The minimum Gasteiger partial charge on any atom is -0.354 e. The molecule has 0 atom stereocenters. The molecule has 0 bridgehead atoms. The van der Waals surface area contributed by atoms with Crippen LogP contribution in [0.15, 0.2) is 35.3 Å². The number of likely N-dealkylation sites (tertiary alicyclic amines) is 1. The summed E-state index contributed by atoms with van der Waals surface area (Å²) < 4.78 is 0. The van der Waals surface area contributed by atoms with Gasteiger partial charge in [0.15, 0.2) is 5.96 Å². The van der Waals surface area contributed by atoms with Crippen molar-refractivity contribution < 1.29 is 0 Å². The smallest absolute Gasteiger partial charge is 0.191 e. The maximum Gasteiger partial charge on any atom is 0.191 e. The molecule has 1 saturated carbocycles. The summed E-state index contributed by atoms with van der Waals surface area (Å²) in [5.74, 6) is 1.02. The topological polar surface area (TPSA) is 39.7 Å². The summed E-state index contributed by atoms with van der Waals surface area (Å²) in [6.45, 7) is 6.34. The molecule has 1 aromatic carbocycles. The SMILES string of the molecule is CCN=C(NC1CC1)NC1CCN(Cc2ccccc2)CC1. The first-order chi connectivity index (χ1) is 10.8. The predicted molar refractivity (Wildman–Crippen MR) is 92.0 cm³/mol. The second kappa shape index (κ2) is 7.63. The van der Waals surface area contributed by atoms with Crippen molar-refractivity contribution in [3.63, 3.8) is 0 Å². The van der Waals surface area contributed by atoms with Crippen molar-refractivity contribution in [3.8, 4) is 0 Å². The molecule has 3 rings (SSSR count). The van der Waals surface area contributed by atoms with Gasteiger partial charge in [-0.25, -0.2) is 0 Å². The zero-order chi connectivity index (χ0) is 15.2. The van der Waals surface area contributed by atoms with Gasteiger partial charge in [0.1, 0.15) is 0 Å².